The fourth-order valence-corrected chi connectivity index (χ4v) is 3.84. The number of carbonyl (C=O) groups excluding carboxylic acids is 1. The second-order valence-electron chi connectivity index (χ2n) is 7.04. The Balaban J connectivity index is 1.78. The van der Waals surface area contributed by atoms with Gasteiger partial charge in [0.05, 0.1) is 0 Å². The van der Waals surface area contributed by atoms with Gasteiger partial charge in [-0.25, -0.2) is 0 Å². The van der Waals surface area contributed by atoms with Gasteiger partial charge in [0.2, 0.25) is 5.91 Å². The Hall–Kier alpha value is -2.26. The highest BCUT2D eigenvalue weighted by molar-refractivity contribution is 6.30. The summed E-state index contributed by atoms with van der Waals surface area (Å²) in [5, 5.41) is 5.04. The maximum absolute atomic E-state index is 12.6. The van der Waals surface area contributed by atoms with Crippen LogP contribution in [0.25, 0.3) is 10.9 Å². The van der Waals surface area contributed by atoms with Crippen LogP contribution in [0, 0.1) is 0 Å². The van der Waals surface area contributed by atoms with Crippen molar-refractivity contribution in [3.63, 3.8) is 0 Å². The molecule has 1 saturated carbocycles. The Labute approximate surface area is 159 Å². The third-order valence-electron chi connectivity index (χ3n) is 5.12. The van der Waals surface area contributed by atoms with Crippen LogP contribution in [0.1, 0.15) is 43.2 Å². The maximum Gasteiger partial charge on any atom is 0.221 e. The Kier molecular flexibility index (Phi) is 4.73. The average Bonchev–Trinajstić information content (AvgIpc) is 3.38. The Morgan fingerprint density at radius 2 is 2.04 bits per heavy atom. The summed E-state index contributed by atoms with van der Waals surface area (Å²) in [6, 6.07) is 16.7. The molecule has 134 valence electrons. The number of para-hydroxylation sites is 1. The Bertz CT molecular complexity index is 942. The molecule has 2 aromatic carbocycles. The lowest BCUT2D eigenvalue weighted by molar-refractivity contribution is -0.121. The SMILES string of the molecule is CCn1cc(C(CC(=O)NC2CC2)c2cccc(Cl)c2)c2ccccc21. The first kappa shape index (κ1) is 17.2. The predicted octanol–water partition coefficient (Wildman–Crippen LogP) is 5.12. The van der Waals surface area contributed by atoms with Gasteiger partial charge in [-0.15, -0.1) is 0 Å². The molecule has 1 aliphatic carbocycles. The lowest BCUT2D eigenvalue weighted by atomic mass is 9.88. The van der Waals surface area contributed by atoms with Crippen molar-refractivity contribution in [1.82, 2.24) is 9.88 Å². The van der Waals surface area contributed by atoms with Crippen LogP contribution < -0.4 is 5.32 Å². The molecule has 26 heavy (non-hydrogen) atoms. The quantitative estimate of drug-likeness (QED) is 0.645. The lowest BCUT2D eigenvalue weighted by Crippen LogP contribution is -2.27. The molecule has 1 unspecified atom stereocenters. The number of nitrogens with one attached hydrogen (secondary N) is 1. The van der Waals surface area contributed by atoms with Crippen LogP contribution in [0.2, 0.25) is 5.02 Å². The summed E-state index contributed by atoms with van der Waals surface area (Å²) >= 11 is 6.25. The van der Waals surface area contributed by atoms with Crippen molar-refractivity contribution >= 4 is 28.4 Å². The summed E-state index contributed by atoms with van der Waals surface area (Å²) in [6.07, 6.45) is 4.83. The van der Waals surface area contributed by atoms with E-state index < -0.39 is 0 Å². The van der Waals surface area contributed by atoms with Crippen LogP contribution in [0.4, 0.5) is 0 Å². The zero-order chi connectivity index (χ0) is 18.1. The number of rotatable bonds is 6. The standard InChI is InChI=1S/C22H23ClN2O/c1-2-25-14-20(18-8-3-4-9-21(18)25)19(13-22(26)24-17-10-11-17)15-6-5-7-16(23)12-15/h3-9,12,14,17,19H,2,10-11,13H2,1H3,(H,24,26). The number of benzene rings is 2. The second kappa shape index (κ2) is 7.16. The van der Waals surface area contributed by atoms with Crippen LogP contribution >= 0.6 is 11.6 Å². The number of aromatic nitrogens is 1. The van der Waals surface area contributed by atoms with E-state index in [0.29, 0.717) is 17.5 Å². The fourth-order valence-electron chi connectivity index (χ4n) is 3.64. The second-order valence-corrected chi connectivity index (χ2v) is 7.48. The van der Waals surface area contributed by atoms with Crippen molar-refractivity contribution in [3.05, 3.63) is 70.9 Å². The molecule has 1 fully saturated rings. The molecule has 1 atom stereocenters. The molecule has 0 aliphatic heterocycles. The van der Waals surface area contributed by atoms with Crippen molar-refractivity contribution in [2.24, 2.45) is 0 Å². The van der Waals surface area contributed by atoms with Crippen LogP contribution in [-0.4, -0.2) is 16.5 Å². The molecule has 1 heterocycles. The number of aryl methyl sites for hydroxylation is 1. The number of nitrogens with zero attached hydrogens (tertiary/aromatic N) is 1. The first-order valence-corrected chi connectivity index (χ1v) is 9.66. The van der Waals surface area contributed by atoms with Crippen molar-refractivity contribution in [1.29, 1.82) is 0 Å². The van der Waals surface area contributed by atoms with E-state index in [1.807, 2.05) is 18.2 Å². The molecule has 4 rings (SSSR count). The zero-order valence-electron chi connectivity index (χ0n) is 14.9. The molecule has 3 nitrogen and oxygen atoms in total. The molecule has 0 radical (unpaired) electrons. The molecule has 1 N–H and O–H groups in total. The molecular formula is C22H23ClN2O. The van der Waals surface area contributed by atoms with Gasteiger partial charge in [-0.05, 0) is 49.1 Å². The van der Waals surface area contributed by atoms with E-state index in [1.165, 1.54) is 16.5 Å². The molecule has 1 aliphatic rings. The zero-order valence-corrected chi connectivity index (χ0v) is 15.7. The number of amides is 1. The molecule has 0 saturated heterocycles. The summed E-state index contributed by atoms with van der Waals surface area (Å²) in [7, 11) is 0. The fraction of sp³-hybridized carbons (Fsp3) is 0.318. The highest BCUT2D eigenvalue weighted by atomic mass is 35.5. The van der Waals surface area contributed by atoms with Gasteiger partial charge >= 0.3 is 0 Å². The molecule has 0 spiro atoms. The molecule has 3 aromatic rings. The summed E-state index contributed by atoms with van der Waals surface area (Å²) in [5.74, 6) is 0.107. The van der Waals surface area contributed by atoms with Gasteiger partial charge in [0.15, 0.2) is 0 Å². The van der Waals surface area contributed by atoms with Gasteiger partial charge in [0, 0.05) is 47.0 Å². The van der Waals surface area contributed by atoms with Crippen molar-refractivity contribution in [2.75, 3.05) is 0 Å². The van der Waals surface area contributed by atoms with Crippen molar-refractivity contribution in [3.8, 4) is 0 Å². The number of fused-ring (bicyclic) bond motifs is 1. The van der Waals surface area contributed by atoms with E-state index >= 15 is 0 Å². The number of halogens is 1. The van der Waals surface area contributed by atoms with Crippen LogP contribution in [0.5, 0.6) is 0 Å². The van der Waals surface area contributed by atoms with Gasteiger partial charge in [-0.1, -0.05) is 41.9 Å². The van der Waals surface area contributed by atoms with Gasteiger partial charge in [0.1, 0.15) is 0 Å². The largest absolute Gasteiger partial charge is 0.353 e. The summed E-state index contributed by atoms with van der Waals surface area (Å²) in [6.45, 7) is 3.04. The maximum atomic E-state index is 12.6. The number of carbonyl (C=O) groups is 1. The lowest BCUT2D eigenvalue weighted by Gasteiger charge is -2.17. The summed E-state index contributed by atoms with van der Waals surface area (Å²) in [5.41, 5.74) is 3.48. The topological polar surface area (TPSA) is 34.0 Å². The smallest absolute Gasteiger partial charge is 0.221 e. The van der Waals surface area contributed by atoms with Crippen LogP contribution in [0.3, 0.4) is 0 Å². The molecular weight excluding hydrogens is 344 g/mol. The number of hydrogen-bond donors (Lipinski definition) is 1. The van der Waals surface area contributed by atoms with Gasteiger partial charge in [-0.2, -0.15) is 0 Å². The minimum atomic E-state index is -0.00912. The first-order valence-electron chi connectivity index (χ1n) is 9.28. The molecule has 1 aromatic heterocycles. The molecule has 4 heteroatoms. The van der Waals surface area contributed by atoms with Crippen molar-refractivity contribution < 1.29 is 4.79 Å². The van der Waals surface area contributed by atoms with Crippen LogP contribution in [-0.2, 0) is 11.3 Å². The van der Waals surface area contributed by atoms with E-state index in [9.17, 15) is 4.79 Å². The average molecular weight is 367 g/mol. The highest BCUT2D eigenvalue weighted by Crippen LogP contribution is 2.36. The minimum absolute atomic E-state index is 0.00912. The number of hydrogen-bond acceptors (Lipinski definition) is 1. The normalized spacial score (nSPS) is 15.2. The van der Waals surface area contributed by atoms with Gasteiger partial charge < -0.3 is 9.88 Å². The van der Waals surface area contributed by atoms with Crippen molar-refractivity contribution in [2.45, 2.75) is 44.7 Å². The van der Waals surface area contributed by atoms with E-state index in [-0.39, 0.29) is 11.8 Å². The minimum Gasteiger partial charge on any atom is -0.353 e. The highest BCUT2D eigenvalue weighted by Gasteiger charge is 2.27. The van der Waals surface area contributed by atoms with Crippen LogP contribution in [0.15, 0.2) is 54.7 Å². The van der Waals surface area contributed by atoms with E-state index in [0.717, 1.165) is 24.9 Å². The summed E-state index contributed by atoms with van der Waals surface area (Å²) in [4.78, 5) is 12.6. The first-order chi connectivity index (χ1) is 12.7. The Morgan fingerprint density at radius 1 is 1.23 bits per heavy atom. The predicted molar refractivity (Wildman–Crippen MR) is 107 cm³/mol. The van der Waals surface area contributed by atoms with E-state index in [4.69, 9.17) is 11.6 Å². The van der Waals surface area contributed by atoms with E-state index in [2.05, 4.69) is 53.3 Å². The third-order valence-corrected chi connectivity index (χ3v) is 5.35. The summed E-state index contributed by atoms with van der Waals surface area (Å²) < 4.78 is 2.25. The monoisotopic (exact) mass is 366 g/mol. The van der Waals surface area contributed by atoms with Gasteiger partial charge in [0.25, 0.3) is 0 Å². The molecule has 0 bridgehead atoms. The molecule has 1 amide bonds. The van der Waals surface area contributed by atoms with E-state index in [1.54, 1.807) is 0 Å². The Morgan fingerprint density at radius 3 is 2.77 bits per heavy atom. The van der Waals surface area contributed by atoms with Gasteiger partial charge in [-0.3, -0.25) is 4.79 Å². The third kappa shape index (κ3) is 3.49.